The number of imide groups is 1. The van der Waals surface area contributed by atoms with Gasteiger partial charge in [-0.05, 0) is 12.1 Å². The predicted molar refractivity (Wildman–Crippen MR) is 84.7 cm³/mol. The number of phenols is 1. The first kappa shape index (κ1) is 17.6. The van der Waals surface area contributed by atoms with Crippen LogP contribution in [0.3, 0.4) is 0 Å². The third-order valence-electron chi connectivity index (χ3n) is 3.84. The van der Waals surface area contributed by atoms with E-state index in [4.69, 9.17) is 0 Å². The average Bonchev–Trinajstić information content (AvgIpc) is 2.85. The van der Waals surface area contributed by atoms with Crippen molar-refractivity contribution >= 4 is 44.5 Å². The number of aromatic nitrogens is 1. The molecule has 1 aromatic carbocycles. The maximum atomic E-state index is 12.8. The van der Waals surface area contributed by atoms with E-state index in [1.807, 2.05) is 0 Å². The Bertz CT molecular complexity index is 1150. The van der Waals surface area contributed by atoms with Gasteiger partial charge in [-0.1, -0.05) is 0 Å². The third kappa shape index (κ3) is 2.51. The zero-order chi connectivity index (χ0) is 19.4. The third-order valence-corrected chi connectivity index (χ3v) is 4.74. The summed E-state index contributed by atoms with van der Waals surface area (Å²) in [4.78, 5) is 49.8. The van der Waals surface area contributed by atoms with Crippen LogP contribution in [-0.4, -0.2) is 46.0 Å². The van der Waals surface area contributed by atoms with Crippen molar-refractivity contribution in [3.8, 4) is 5.75 Å². The molecule has 136 valence electrons. The van der Waals surface area contributed by atoms with Crippen molar-refractivity contribution < 1.29 is 37.6 Å². The lowest BCUT2D eigenvalue weighted by molar-refractivity contribution is -0.121. The molecule has 0 spiro atoms. The molecule has 0 saturated carbocycles. The average molecular weight is 382 g/mol. The van der Waals surface area contributed by atoms with Gasteiger partial charge in [0.1, 0.15) is 16.3 Å². The summed E-state index contributed by atoms with van der Waals surface area (Å²) in [5, 5.41) is 18.4. The number of aromatic carboxylic acids is 1. The summed E-state index contributed by atoms with van der Waals surface area (Å²) in [5.74, 6) is -4.06. The molecule has 0 aliphatic carbocycles. The van der Waals surface area contributed by atoms with E-state index in [0.29, 0.717) is 4.90 Å². The number of hydrogen-bond donors (Lipinski definition) is 4. The molecular weight excluding hydrogens is 372 g/mol. The fourth-order valence-electron chi connectivity index (χ4n) is 2.75. The second kappa shape index (κ2) is 5.64. The van der Waals surface area contributed by atoms with Crippen LogP contribution < -0.4 is 10.3 Å². The number of phenolic OH excluding ortho intramolecular Hbond substituents is 1. The molecule has 11 nitrogen and oxygen atoms in total. The van der Waals surface area contributed by atoms with Gasteiger partial charge in [0.25, 0.3) is 10.1 Å². The zero-order valence-electron chi connectivity index (χ0n) is 12.7. The monoisotopic (exact) mass is 382 g/mol. The van der Waals surface area contributed by atoms with Crippen LogP contribution >= 0.6 is 0 Å². The summed E-state index contributed by atoms with van der Waals surface area (Å²) >= 11 is 0. The number of aromatic amines is 1. The first-order chi connectivity index (χ1) is 12.0. The molecule has 0 bridgehead atoms. The minimum Gasteiger partial charge on any atom is -0.506 e. The number of H-pyrrole nitrogens is 1. The molecular formula is C14H10N2O9S. The molecule has 2 aromatic rings. The number of carbonyl (C=O) groups is 3. The fraction of sp³-hybridized carbons (Fsp3) is 0.143. The van der Waals surface area contributed by atoms with E-state index < -0.39 is 66.3 Å². The number of nitrogens with one attached hydrogen (secondary N) is 1. The van der Waals surface area contributed by atoms with Crippen molar-refractivity contribution in [1.29, 1.82) is 0 Å². The van der Waals surface area contributed by atoms with E-state index in [2.05, 4.69) is 4.98 Å². The number of pyridine rings is 1. The van der Waals surface area contributed by atoms with Crippen molar-refractivity contribution in [3.05, 3.63) is 28.0 Å². The molecule has 1 aliphatic heterocycles. The van der Waals surface area contributed by atoms with Crippen LogP contribution in [0.4, 0.5) is 5.69 Å². The second-order valence-corrected chi connectivity index (χ2v) is 6.80. The van der Waals surface area contributed by atoms with Gasteiger partial charge in [-0.15, -0.1) is 0 Å². The molecule has 0 atom stereocenters. The minimum atomic E-state index is -4.94. The maximum Gasteiger partial charge on any atom is 0.354 e. The lowest BCUT2D eigenvalue weighted by atomic mass is 10.1. The highest BCUT2D eigenvalue weighted by atomic mass is 32.2. The molecule has 3 rings (SSSR count). The van der Waals surface area contributed by atoms with Crippen LogP contribution in [0.15, 0.2) is 21.8 Å². The largest absolute Gasteiger partial charge is 0.506 e. The van der Waals surface area contributed by atoms with Crippen molar-refractivity contribution in [2.75, 3.05) is 4.90 Å². The molecule has 2 heterocycles. The van der Waals surface area contributed by atoms with Crippen molar-refractivity contribution in [1.82, 2.24) is 4.98 Å². The quantitative estimate of drug-likeness (QED) is 0.413. The van der Waals surface area contributed by atoms with Gasteiger partial charge in [0.05, 0.1) is 10.9 Å². The van der Waals surface area contributed by atoms with Crippen LogP contribution in [0.1, 0.15) is 23.3 Å². The molecule has 1 saturated heterocycles. The van der Waals surface area contributed by atoms with Crippen LogP contribution in [0, 0.1) is 0 Å². The number of carboxylic acids is 1. The first-order valence-electron chi connectivity index (χ1n) is 7.02. The Morgan fingerprint density at radius 2 is 1.69 bits per heavy atom. The number of rotatable bonds is 3. The maximum absolute atomic E-state index is 12.8. The SMILES string of the molecule is O=C(O)c1[nH]c2c(O)ccc(S(=O)(=O)O)c2c(=O)c1N1C(=O)CCC1=O. The lowest BCUT2D eigenvalue weighted by Gasteiger charge is -2.17. The smallest absolute Gasteiger partial charge is 0.354 e. The van der Waals surface area contributed by atoms with Gasteiger partial charge in [-0.25, -0.2) is 9.69 Å². The molecule has 0 unspecified atom stereocenters. The number of carboxylic acid groups (broad SMARTS) is 1. The first-order valence-corrected chi connectivity index (χ1v) is 8.46. The summed E-state index contributed by atoms with van der Waals surface area (Å²) in [6.45, 7) is 0. The number of anilines is 1. The highest BCUT2D eigenvalue weighted by molar-refractivity contribution is 7.86. The van der Waals surface area contributed by atoms with Gasteiger partial charge in [0, 0.05) is 12.8 Å². The number of fused-ring (bicyclic) bond motifs is 1. The normalized spacial score (nSPS) is 15.0. The highest BCUT2D eigenvalue weighted by Gasteiger charge is 2.37. The summed E-state index contributed by atoms with van der Waals surface area (Å²) in [7, 11) is -4.94. The van der Waals surface area contributed by atoms with E-state index in [0.717, 1.165) is 12.1 Å². The predicted octanol–water partition coefficient (Wildman–Crippen LogP) is -0.168. The summed E-state index contributed by atoms with van der Waals surface area (Å²) in [5.41, 5.74) is -3.66. The van der Waals surface area contributed by atoms with Crippen molar-refractivity contribution in [2.24, 2.45) is 0 Å². The van der Waals surface area contributed by atoms with E-state index in [1.54, 1.807) is 0 Å². The van der Waals surface area contributed by atoms with Gasteiger partial charge in [-0.3, -0.25) is 18.9 Å². The van der Waals surface area contributed by atoms with Gasteiger partial charge in [-0.2, -0.15) is 8.42 Å². The van der Waals surface area contributed by atoms with Gasteiger partial charge in [0.2, 0.25) is 17.2 Å². The summed E-state index contributed by atoms with van der Waals surface area (Å²) in [6, 6.07) is 1.57. The molecule has 0 radical (unpaired) electrons. The molecule has 1 aliphatic rings. The Morgan fingerprint density at radius 3 is 2.19 bits per heavy atom. The molecule has 12 heteroatoms. The number of carbonyl (C=O) groups excluding carboxylic acids is 2. The minimum absolute atomic E-state index is 0.249. The van der Waals surface area contributed by atoms with E-state index in [9.17, 15) is 42.4 Å². The number of amides is 2. The number of aromatic hydroxyl groups is 1. The Kier molecular flexibility index (Phi) is 3.81. The van der Waals surface area contributed by atoms with E-state index in [-0.39, 0.29) is 12.8 Å². The van der Waals surface area contributed by atoms with E-state index >= 15 is 0 Å². The van der Waals surface area contributed by atoms with Crippen molar-refractivity contribution in [3.63, 3.8) is 0 Å². The van der Waals surface area contributed by atoms with Gasteiger partial charge < -0.3 is 15.2 Å². The fourth-order valence-corrected chi connectivity index (χ4v) is 3.44. The Morgan fingerprint density at radius 1 is 1.12 bits per heavy atom. The van der Waals surface area contributed by atoms with Crippen LogP contribution in [0.5, 0.6) is 5.75 Å². The van der Waals surface area contributed by atoms with Crippen LogP contribution in [0.25, 0.3) is 10.9 Å². The lowest BCUT2D eigenvalue weighted by Crippen LogP contribution is -2.35. The highest BCUT2D eigenvalue weighted by Crippen LogP contribution is 2.31. The molecule has 4 N–H and O–H groups in total. The van der Waals surface area contributed by atoms with Crippen LogP contribution in [-0.2, 0) is 19.7 Å². The molecule has 1 aromatic heterocycles. The molecule has 1 fully saturated rings. The molecule has 2 amide bonds. The number of nitrogens with zero attached hydrogens (tertiary/aromatic N) is 1. The van der Waals surface area contributed by atoms with Gasteiger partial charge >= 0.3 is 5.97 Å². The summed E-state index contributed by atoms with van der Waals surface area (Å²) in [6.07, 6.45) is -0.499. The molecule has 26 heavy (non-hydrogen) atoms. The topological polar surface area (TPSA) is 182 Å². The van der Waals surface area contributed by atoms with Gasteiger partial charge in [0.15, 0.2) is 5.69 Å². The Hall–Kier alpha value is -3.25. The van der Waals surface area contributed by atoms with Crippen LogP contribution in [0.2, 0.25) is 0 Å². The second-order valence-electron chi connectivity index (χ2n) is 5.41. The summed E-state index contributed by atoms with van der Waals surface area (Å²) < 4.78 is 32.4. The standard InChI is InChI=1S/C14H10N2O9S/c17-5-1-2-6(26(23,24)25)9-10(5)15-11(14(21)22)12(13(9)20)16-7(18)3-4-8(16)19/h1-2,17H,3-4H2,(H,15,20)(H,21,22)(H,23,24,25). The Labute approximate surface area is 144 Å². The van der Waals surface area contributed by atoms with Crippen molar-refractivity contribution in [2.45, 2.75) is 17.7 Å². The zero-order valence-corrected chi connectivity index (χ0v) is 13.5. The Balaban J connectivity index is 2.56. The number of benzene rings is 1. The van der Waals surface area contributed by atoms with E-state index in [1.165, 1.54) is 0 Å². The number of hydrogen-bond acceptors (Lipinski definition) is 7.